The minimum atomic E-state index is 0. The van der Waals surface area contributed by atoms with Gasteiger partial charge in [-0.2, -0.15) is 5.10 Å². The zero-order chi connectivity index (χ0) is 10.2. The molecule has 0 saturated carbocycles. The van der Waals surface area contributed by atoms with Crippen molar-refractivity contribution >= 4 is 43.2 Å². The molecule has 1 rings (SSSR count). The summed E-state index contributed by atoms with van der Waals surface area (Å²) in [5.41, 5.74) is 6.52. The Balaban J connectivity index is -0.000000653. The second-order valence-corrected chi connectivity index (χ2v) is 2.79. The van der Waals surface area contributed by atoms with Crippen LogP contribution in [0, 0.1) is 0 Å². The summed E-state index contributed by atoms with van der Waals surface area (Å²) in [5.74, 6) is 0.466. The zero-order valence-corrected chi connectivity index (χ0v) is 11.9. The highest BCUT2D eigenvalue weighted by atomic mass is 35.5. The van der Waals surface area contributed by atoms with E-state index in [0.717, 1.165) is 25.3 Å². The molecule has 1 heterocycles. The Morgan fingerprint density at radius 3 is 2.65 bits per heavy atom. The second-order valence-electron chi connectivity index (χ2n) is 2.79. The van der Waals surface area contributed by atoms with Crippen LogP contribution in [0.3, 0.4) is 0 Å². The molecule has 0 aliphatic heterocycles. The lowest BCUT2D eigenvalue weighted by molar-refractivity contribution is 0.659. The third-order valence-corrected chi connectivity index (χ3v) is 1.72. The maximum atomic E-state index is 5.44. The topological polar surface area (TPSA) is 91.1 Å². The van der Waals surface area contributed by atoms with E-state index in [1.165, 1.54) is 0 Å². The van der Waals surface area contributed by atoms with Crippen LogP contribution in [-0.4, -0.2) is 36.3 Å². The first-order valence-corrected chi connectivity index (χ1v) is 4.48. The maximum absolute atomic E-state index is 5.44. The quantitative estimate of drug-likeness (QED) is 0.358. The van der Waals surface area contributed by atoms with Gasteiger partial charge in [0, 0.05) is 38.6 Å². The number of aromatic amines is 1. The predicted octanol–water partition coefficient (Wildman–Crippen LogP) is 0.299. The van der Waals surface area contributed by atoms with Gasteiger partial charge in [-0.25, -0.2) is 0 Å². The largest absolute Gasteiger partial charge is 0.370 e. The fourth-order valence-electron chi connectivity index (χ4n) is 0.964. The number of nitrogens with two attached hydrogens (primary N) is 1. The minimum absolute atomic E-state index is 0. The molecule has 0 saturated heterocycles. The van der Waals surface area contributed by atoms with Gasteiger partial charge in [0.05, 0.1) is 0 Å². The number of nitrogens with one attached hydrogen (secondary N) is 3. The first-order chi connectivity index (χ1) is 6.83. The summed E-state index contributed by atoms with van der Waals surface area (Å²) < 4.78 is 0. The number of H-pyrrole nitrogens is 1. The van der Waals surface area contributed by atoms with Gasteiger partial charge >= 0.3 is 0 Å². The van der Waals surface area contributed by atoms with Crippen molar-refractivity contribution in [3.8, 4) is 0 Å². The lowest BCUT2D eigenvalue weighted by Gasteiger charge is -2.05. The first-order valence-electron chi connectivity index (χ1n) is 4.48. The molecule has 6 nitrogen and oxygen atoms in total. The molecular formula is C8H19Cl3N6. The van der Waals surface area contributed by atoms with Crippen LogP contribution in [0.15, 0.2) is 17.3 Å². The van der Waals surface area contributed by atoms with Crippen LogP contribution in [0.1, 0.15) is 5.69 Å². The number of aromatic nitrogens is 2. The molecular weight excluding hydrogens is 286 g/mol. The standard InChI is InChI=1S/C8H16N6.3ClH/c1-10-8(9)12-5-4-11-6-7-2-3-13-14-7;;;/h2-3,11H,4-6H2,1H3,(H,13,14)(H3,9,10,12);3*1H. The summed E-state index contributed by atoms with van der Waals surface area (Å²) in [6, 6.07) is 1.93. The average molecular weight is 306 g/mol. The summed E-state index contributed by atoms with van der Waals surface area (Å²) in [6.45, 7) is 2.37. The van der Waals surface area contributed by atoms with Gasteiger partial charge in [-0.15, -0.1) is 37.2 Å². The molecule has 0 amide bonds. The number of nitrogens with zero attached hydrogens (tertiary/aromatic N) is 2. The van der Waals surface area contributed by atoms with E-state index in [2.05, 4.69) is 25.8 Å². The van der Waals surface area contributed by atoms with E-state index in [1.54, 1.807) is 13.2 Å². The summed E-state index contributed by atoms with van der Waals surface area (Å²) >= 11 is 0. The molecule has 102 valence electrons. The Kier molecular flexibility index (Phi) is 17.0. The molecule has 5 N–H and O–H groups in total. The van der Waals surface area contributed by atoms with Crippen molar-refractivity contribution in [3.63, 3.8) is 0 Å². The molecule has 0 aromatic carbocycles. The molecule has 0 atom stereocenters. The summed E-state index contributed by atoms with van der Waals surface area (Å²) in [4.78, 5) is 3.78. The fourth-order valence-corrected chi connectivity index (χ4v) is 0.964. The highest BCUT2D eigenvalue weighted by molar-refractivity contribution is 5.86. The van der Waals surface area contributed by atoms with E-state index in [-0.39, 0.29) is 37.2 Å². The Morgan fingerprint density at radius 2 is 2.12 bits per heavy atom. The lowest BCUT2D eigenvalue weighted by atomic mass is 10.4. The molecule has 0 fully saturated rings. The summed E-state index contributed by atoms with van der Waals surface area (Å²) in [7, 11) is 1.65. The number of rotatable bonds is 5. The molecule has 1 aromatic heterocycles. The van der Waals surface area contributed by atoms with E-state index < -0.39 is 0 Å². The van der Waals surface area contributed by atoms with Gasteiger partial charge < -0.3 is 16.4 Å². The molecule has 0 bridgehead atoms. The van der Waals surface area contributed by atoms with Crippen molar-refractivity contribution in [1.82, 2.24) is 20.8 Å². The third kappa shape index (κ3) is 10.2. The van der Waals surface area contributed by atoms with Crippen LogP contribution in [0.5, 0.6) is 0 Å². The SMILES string of the molecule is CN=C(N)NCCNCc1ccn[nH]1.Cl.Cl.Cl. The third-order valence-electron chi connectivity index (χ3n) is 1.72. The number of aliphatic imine (C=N–C) groups is 1. The first kappa shape index (κ1) is 21.6. The van der Waals surface area contributed by atoms with Crippen molar-refractivity contribution in [3.05, 3.63) is 18.0 Å². The number of hydrogen-bond acceptors (Lipinski definition) is 3. The summed E-state index contributed by atoms with van der Waals surface area (Å²) in [6.07, 6.45) is 1.73. The highest BCUT2D eigenvalue weighted by Gasteiger charge is 1.92. The summed E-state index contributed by atoms with van der Waals surface area (Å²) in [5, 5.41) is 12.9. The smallest absolute Gasteiger partial charge is 0.188 e. The van der Waals surface area contributed by atoms with Gasteiger partial charge in [-0.1, -0.05) is 0 Å². The highest BCUT2D eigenvalue weighted by Crippen LogP contribution is 1.88. The number of halogens is 3. The van der Waals surface area contributed by atoms with Crippen LogP contribution in [0.4, 0.5) is 0 Å². The van der Waals surface area contributed by atoms with E-state index in [9.17, 15) is 0 Å². The van der Waals surface area contributed by atoms with Gasteiger partial charge in [-0.3, -0.25) is 10.1 Å². The lowest BCUT2D eigenvalue weighted by Crippen LogP contribution is -2.36. The van der Waals surface area contributed by atoms with Gasteiger partial charge in [-0.05, 0) is 6.07 Å². The van der Waals surface area contributed by atoms with Gasteiger partial charge in [0.1, 0.15) is 0 Å². The van der Waals surface area contributed by atoms with Crippen LogP contribution < -0.4 is 16.4 Å². The maximum Gasteiger partial charge on any atom is 0.188 e. The van der Waals surface area contributed by atoms with Crippen molar-refractivity contribution in [2.75, 3.05) is 20.1 Å². The Morgan fingerprint density at radius 1 is 1.41 bits per heavy atom. The fraction of sp³-hybridized carbons (Fsp3) is 0.500. The Bertz CT molecular complexity index is 277. The Labute approximate surface area is 119 Å². The van der Waals surface area contributed by atoms with Crippen LogP contribution in [0.25, 0.3) is 0 Å². The van der Waals surface area contributed by atoms with Gasteiger partial charge in [0.15, 0.2) is 5.96 Å². The van der Waals surface area contributed by atoms with Crippen molar-refractivity contribution in [2.24, 2.45) is 10.7 Å². The minimum Gasteiger partial charge on any atom is -0.370 e. The molecule has 0 unspecified atom stereocenters. The van der Waals surface area contributed by atoms with Crippen LogP contribution in [0.2, 0.25) is 0 Å². The predicted molar refractivity (Wildman–Crippen MR) is 77.6 cm³/mol. The van der Waals surface area contributed by atoms with E-state index in [4.69, 9.17) is 5.73 Å². The van der Waals surface area contributed by atoms with Gasteiger partial charge in [0.2, 0.25) is 0 Å². The van der Waals surface area contributed by atoms with E-state index in [1.807, 2.05) is 6.07 Å². The molecule has 0 aliphatic rings. The average Bonchev–Trinajstić information content (AvgIpc) is 2.69. The Hall–Kier alpha value is -0.690. The molecule has 1 aromatic rings. The second kappa shape index (κ2) is 13.4. The van der Waals surface area contributed by atoms with Crippen LogP contribution >= 0.6 is 37.2 Å². The molecule has 0 aliphatic carbocycles. The van der Waals surface area contributed by atoms with E-state index in [0.29, 0.717) is 5.96 Å². The van der Waals surface area contributed by atoms with Crippen molar-refractivity contribution < 1.29 is 0 Å². The number of hydrogen-bond donors (Lipinski definition) is 4. The molecule has 0 spiro atoms. The monoisotopic (exact) mass is 304 g/mol. The van der Waals surface area contributed by atoms with Crippen molar-refractivity contribution in [2.45, 2.75) is 6.54 Å². The molecule has 9 heteroatoms. The van der Waals surface area contributed by atoms with Crippen LogP contribution in [-0.2, 0) is 6.54 Å². The van der Waals surface area contributed by atoms with Gasteiger partial charge in [0.25, 0.3) is 0 Å². The molecule has 0 radical (unpaired) electrons. The number of guanidine groups is 1. The van der Waals surface area contributed by atoms with Crippen molar-refractivity contribution in [1.29, 1.82) is 0 Å². The van der Waals surface area contributed by atoms with E-state index >= 15 is 0 Å². The molecule has 17 heavy (non-hydrogen) atoms. The normalized spacial score (nSPS) is 9.59. The zero-order valence-electron chi connectivity index (χ0n) is 9.47.